The number of carbonyl (C=O) groups is 1. The minimum absolute atomic E-state index is 0.119. The summed E-state index contributed by atoms with van der Waals surface area (Å²) in [6.45, 7) is 4.34. The van der Waals surface area contributed by atoms with Gasteiger partial charge in [-0.05, 0) is 31.0 Å². The molecule has 0 spiro atoms. The molecule has 0 aliphatic heterocycles. The summed E-state index contributed by atoms with van der Waals surface area (Å²) in [6, 6.07) is 8.00. The molecule has 0 unspecified atom stereocenters. The average Bonchev–Trinajstić information content (AvgIpc) is 3.18. The lowest BCUT2D eigenvalue weighted by molar-refractivity contribution is 0.102. The van der Waals surface area contributed by atoms with Crippen LogP contribution in [-0.2, 0) is 10.0 Å². The molecule has 152 valence electrons. The first-order valence-electron chi connectivity index (χ1n) is 9.92. The van der Waals surface area contributed by atoms with Crippen molar-refractivity contribution in [2.45, 2.75) is 56.8 Å². The molecule has 1 heterocycles. The van der Waals surface area contributed by atoms with Crippen molar-refractivity contribution in [1.82, 2.24) is 14.5 Å². The molecule has 1 aliphatic rings. The lowest BCUT2D eigenvalue weighted by atomic mass is 9.87. The van der Waals surface area contributed by atoms with E-state index < -0.39 is 10.0 Å². The van der Waals surface area contributed by atoms with E-state index in [2.05, 4.69) is 15.5 Å². The predicted molar refractivity (Wildman–Crippen MR) is 109 cm³/mol. The van der Waals surface area contributed by atoms with E-state index in [9.17, 15) is 13.2 Å². The largest absolute Gasteiger partial charge is 0.305 e. The number of nitrogens with zero attached hydrogens (tertiary/aromatic N) is 2. The summed E-state index contributed by atoms with van der Waals surface area (Å²) in [6.07, 6.45) is 6.00. The van der Waals surface area contributed by atoms with E-state index in [4.69, 9.17) is 0 Å². The Kier molecular flexibility index (Phi) is 6.51. The summed E-state index contributed by atoms with van der Waals surface area (Å²) in [5.41, 5.74) is 1.34. The molecule has 0 radical (unpaired) electrons. The van der Waals surface area contributed by atoms with Crippen LogP contribution in [0.1, 0.15) is 67.9 Å². The van der Waals surface area contributed by atoms with Gasteiger partial charge in [-0.2, -0.15) is 9.40 Å². The highest BCUT2D eigenvalue weighted by molar-refractivity contribution is 7.89. The van der Waals surface area contributed by atoms with Gasteiger partial charge in [0.15, 0.2) is 5.82 Å². The van der Waals surface area contributed by atoms with Crippen LogP contribution >= 0.6 is 0 Å². The van der Waals surface area contributed by atoms with Gasteiger partial charge in [0.05, 0.1) is 4.90 Å². The molecule has 3 rings (SSSR count). The molecule has 7 nitrogen and oxygen atoms in total. The van der Waals surface area contributed by atoms with Gasteiger partial charge in [0.1, 0.15) is 0 Å². The van der Waals surface area contributed by atoms with Crippen molar-refractivity contribution >= 4 is 21.7 Å². The molecular formula is C20H28N4O3S. The van der Waals surface area contributed by atoms with Gasteiger partial charge in [-0.3, -0.25) is 9.89 Å². The molecule has 1 aromatic carbocycles. The number of rotatable bonds is 7. The third-order valence-electron chi connectivity index (χ3n) is 5.32. The Hall–Kier alpha value is -2.19. The number of sulfonamides is 1. The Morgan fingerprint density at radius 1 is 1.18 bits per heavy atom. The first-order valence-corrected chi connectivity index (χ1v) is 11.4. The van der Waals surface area contributed by atoms with Crippen molar-refractivity contribution in [2.75, 3.05) is 18.4 Å². The van der Waals surface area contributed by atoms with E-state index in [0.717, 1.165) is 18.5 Å². The lowest BCUT2D eigenvalue weighted by Gasteiger charge is -2.19. The molecule has 8 heteroatoms. The predicted octanol–water partition coefficient (Wildman–Crippen LogP) is 3.74. The number of aromatic nitrogens is 2. The van der Waals surface area contributed by atoms with Gasteiger partial charge in [0, 0.05) is 36.3 Å². The molecule has 0 atom stereocenters. The minimum atomic E-state index is -3.61. The number of aromatic amines is 1. The molecule has 0 bridgehead atoms. The second kappa shape index (κ2) is 8.87. The smallest absolute Gasteiger partial charge is 0.256 e. The number of hydrogen-bond donors (Lipinski definition) is 2. The molecule has 1 aromatic heterocycles. The number of benzene rings is 1. The van der Waals surface area contributed by atoms with E-state index in [0.29, 0.717) is 24.8 Å². The Morgan fingerprint density at radius 2 is 1.89 bits per heavy atom. The van der Waals surface area contributed by atoms with Crippen LogP contribution in [0.3, 0.4) is 0 Å². The minimum Gasteiger partial charge on any atom is -0.305 e. The van der Waals surface area contributed by atoms with Crippen LogP contribution in [-0.4, -0.2) is 41.9 Å². The monoisotopic (exact) mass is 404 g/mol. The molecule has 1 fully saturated rings. The van der Waals surface area contributed by atoms with E-state index >= 15 is 0 Å². The highest BCUT2D eigenvalue weighted by atomic mass is 32.2. The molecule has 1 amide bonds. The second-order valence-electron chi connectivity index (χ2n) is 7.11. The van der Waals surface area contributed by atoms with Crippen LogP contribution in [0.5, 0.6) is 0 Å². The van der Waals surface area contributed by atoms with Crippen molar-refractivity contribution in [1.29, 1.82) is 0 Å². The highest BCUT2D eigenvalue weighted by Crippen LogP contribution is 2.32. The first-order chi connectivity index (χ1) is 13.5. The van der Waals surface area contributed by atoms with Crippen LogP contribution in [0, 0.1) is 0 Å². The standard InChI is InChI=1S/C20H28N4O3S/c1-3-24(4-2)28(26,27)17-12-8-11-16(13-17)20(25)21-19-14-18(22-23-19)15-9-6-5-7-10-15/h8,11-15H,3-7,9-10H2,1-2H3,(H2,21,22,23,25). The SMILES string of the molecule is CCN(CC)S(=O)(=O)c1cccc(C(=O)Nc2cc(C3CCCCC3)[nH]n2)c1. The lowest BCUT2D eigenvalue weighted by Crippen LogP contribution is -2.30. The highest BCUT2D eigenvalue weighted by Gasteiger charge is 2.23. The molecule has 2 N–H and O–H groups in total. The maximum absolute atomic E-state index is 12.7. The number of H-pyrrole nitrogens is 1. The van der Waals surface area contributed by atoms with Crippen LogP contribution in [0.4, 0.5) is 5.82 Å². The van der Waals surface area contributed by atoms with Crippen molar-refractivity contribution in [2.24, 2.45) is 0 Å². The van der Waals surface area contributed by atoms with Crippen molar-refractivity contribution < 1.29 is 13.2 Å². The zero-order chi connectivity index (χ0) is 20.1. The topological polar surface area (TPSA) is 95.2 Å². The zero-order valence-electron chi connectivity index (χ0n) is 16.4. The maximum Gasteiger partial charge on any atom is 0.256 e. The van der Waals surface area contributed by atoms with Gasteiger partial charge >= 0.3 is 0 Å². The molecule has 28 heavy (non-hydrogen) atoms. The number of amides is 1. The van der Waals surface area contributed by atoms with Gasteiger partial charge in [-0.25, -0.2) is 8.42 Å². The number of anilines is 1. The zero-order valence-corrected chi connectivity index (χ0v) is 17.3. The van der Waals surface area contributed by atoms with Crippen LogP contribution in [0.2, 0.25) is 0 Å². The fourth-order valence-corrected chi connectivity index (χ4v) is 5.23. The molecule has 1 saturated carbocycles. The van der Waals surface area contributed by atoms with Gasteiger partial charge in [0.2, 0.25) is 10.0 Å². The van der Waals surface area contributed by atoms with Crippen molar-refractivity contribution in [3.8, 4) is 0 Å². The van der Waals surface area contributed by atoms with E-state index in [1.165, 1.54) is 35.7 Å². The van der Waals surface area contributed by atoms with Gasteiger partial charge in [-0.1, -0.05) is 39.2 Å². The summed E-state index contributed by atoms with van der Waals surface area (Å²) in [5.74, 6) is 0.551. The average molecular weight is 405 g/mol. The van der Waals surface area contributed by atoms with Gasteiger partial charge in [-0.15, -0.1) is 0 Å². The first kappa shape index (κ1) is 20.5. The van der Waals surface area contributed by atoms with Crippen LogP contribution < -0.4 is 5.32 Å². The van der Waals surface area contributed by atoms with Crippen molar-refractivity contribution in [3.63, 3.8) is 0 Å². The van der Waals surface area contributed by atoms with E-state index in [1.807, 2.05) is 6.07 Å². The molecule has 0 saturated heterocycles. The van der Waals surface area contributed by atoms with Crippen LogP contribution in [0.25, 0.3) is 0 Å². The summed E-state index contributed by atoms with van der Waals surface area (Å²) >= 11 is 0. The number of carbonyl (C=O) groups excluding carboxylic acids is 1. The quantitative estimate of drug-likeness (QED) is 0.735. The Balaban J connectivity index is 1.74. The van der Waals surface area contributed by atoms with E-state index in [-0.39, 0.29) is 16.4 Å². The third-order valence-corrected chi connectivity index (χ3v) is 7.37. The Labute approximate surface area is 166 Å². The summed E-state index contributed by atoms with van der Waals surface area (Å²) in [5, 5.41) is 9.99. The normalized spacial score (nSPS) is 15.7. The van der Waals surface area contributed by atoms with Gasteiger partial charge < -0.3 is 5.32 Å². The Bertz CT molecular complexity index is 913. The van der Waals surface area contributed by atoms with E-state index in [1.54, 1.807) is 26.0 Å². The molecular weight excluding hydrogens is 376 g/mol. The third kappa shape index (κ3) is 4.44. The fourth-order valence-electron chi connectivity index (χ4n) is 3.72. The summed E-state index contributed by atoms with van der Waals surface area (Å²) in [7, 11) is -3.61. The fraction of sp³-hybridized carbons (Fsp3) is 0.500. The molecule has 1 aliphatic carbocycles. The Morgan fingerprint density at radius 3 is 2.57 bits per heavy atom. The second-order valence-corrected chi connectivity index (χ2v) is 9.05. The van der Waals surface area contributed by atoms with Crippen molar-refractivity contribution in [3.05, 3.63) is 41.6 Å². The number of nitrogens with one attached hydrogen (secondary N) is 2. The maximum atomic E-state index is 12.7. The number of hydrogen-bond acceptors (Lipinski definition) is 4. The van der Waals surface area contributed by atoms with Crippen LogP contribution in [0.15, 0.2) is 35.2 Å². The summed E-state index contributed by atoms with van der Waals surface area (Å²) < 4.78 is 26.7. The van der Waals surface area contributed by atoms with Gasteiger partial charge in [0.25, 0.3) is 5.91 Å². The summed E-state index contributed by atoms with van der Waals surface area (Å²) in [4.78, 5) is 12.7. The molecule has 2 aromatic rings.